The summed E-state index contributed by atoms with van der Waals surface area (Å²) in [5, 5.41) is 0. The van der Waals surface area contributed by atoms with Gasteiger partial charge < -0.3 is 15.2 Å². The molecule has 94 valence electrons. The molecular formula is C14H21NO2. The summed E-state index contributed by atoms with van der Waals surface area (Å²) in [4.78, 5) is 0. The zero-order valence-corrected chi connectivity index (χ0v) is 10.4. The molecule has 1 aliphatic heterocycles. The van der Waals surface area contributed by atoms with Gasteiger partial charge in [0.2, 0.25) is 0 Å². The predicted octanol–water partition coefficient (Wildman–Crippen LogP) is 2.65. The van der Waals surface area contributed by atoms with E-state index in [1.165, 1.54) is 12.8 Å². The minimum absolute atomic E-state index is 0.0525. The summed E-state index contributed by atoms with van der Waals surface area (Å²) in [6.45, 7) is 3.60. The Kier molecular flexibility index (Phi) is 4.40. The SMILES string of the molecule is C[C@H](N)c1cccc(OCCC2CCCO2)c1. The molecule has 0 bridgehead atoms. The van der Waals surface area contributed by atoms with Gasteiger partial charge >= 0.3 is 0 Å². The molecule has 1 aliphatic rings. The van der Waals surface area contributed by atoms with Crippen molar-refractivity contribution in [2.45, 2.75) is 38.3 Å². The second-order valence-corrected chi connectivity index (χ2v) is 4.63. The molecule has 17 heavy (non-hydrogen) atoms. The summed E-state index contributed by atoms with van der Waals surface area (Å²) in [5.41, 5.74) is 6.95. The number of rotatable bonds is 5. The molecule has 1 aromatic carbocycles. The molecule has 0 saturated carbocycles. The second-order valence-electron chi connectivity index (χ2n) is 4.63. The zero-order valence-electron chi connectivity index (χ0n) is 10.4. The van der Waals surface area contributed by atoms with Gasteiger partial charge in [-0.25, -0.2) is 0 Å². The molecule has 2 N–H and O–H groups in total. The number of benzene rings is 1. The minimum Gasteiger partial charge on any atom is -0.493 e. The Morgan fingerprint density at radius 2 is 2.41 bits per heavy atom. The van der Waals surface area contributed by atoms with Crippen molar-refractivity contribution in [3.05, 3.63) is 29.8 Å². The van der Waals surface area contributed by atoms with E-state index in [2.05, 4.69) is 0 Å². The van der Waals surface area contributed by atoms with Crippen molar-refractivity contribution in [1.29, 1.82) is 0 Å². The molecule has 0 aliphatic carbocycles. The summed E-state index contributed by atoms with van der Waals surface area (Å²) in [5.74, 6) is 0.901. The third kappa shape index (κ3) is 3.72. The van der Waals surface area contributed by atoms with Crippen LogP contribution in [0.15, 0.2) is 24.3 Å². The number of hydrogen-bond acceptors (Lipinski definition) is 3. The molecule has 0 aromatic heterocycles. The number of ether oxygens (including phenoxy) is 2. The highest BCUT2D eigenvalue weighted by Gasteiger charge is 2.15. The Balaban J connectivity index is 1.79. The standard InChI is InChI=1S/C14H21NO2/c1-11(15)12-4-2-5-14(10-12)17-9-7-13-6-3-8-16-13/h2,4-5,10-11,13H,3,6-9,15H2,1H3/t11-,13?/m0/s1. The van der Waals surface area contributed by atoms with Crippen LogP contribution in [0.25, 0.3) is 0 Å². The average molecular weight is 235 g/mol. The van der Waals surface area contributed by atoms with Crippen LogP contribution in [-0.4, -0.2) is 19.3 Å². The molecule has 0 amide bonds. The maximum atomic E-state index is 5.84. The van der Waals surface area contributed by atoms with Gasteiger partial charge in [0.05, 0.1) is 12.7 Å². The van der Waals surface area contributed by atoms with Crippen LogP contribution in [-0.2, 0) is 4.74 Å². The van der Waals surface area contributed by atoms with Crippen molar-refractivity contribution in [2.24, 2.45) is 5.73 Å². The molecule has 1 aromatic rings. The van der Waals surface area contributed by atoms with E-state index in [-0.39, 0.29) is 6.04 Å². The first-order valence-corrected chi connectivity index (χ1v) is 6.35. The van der Waals surface area contributed by atoms with E-state index in [4.69, 9.17) is 15.2 Å². The first kappa shape index (κ1) is 12.4. The third-order valence-electron chi connectivity index (χ3n) is 3.12. The van der Waals surface area contributed by atoms with Gasteiger partial charge in [-0.3, -0.25) is 0 Å². The van der Waals surface area contributed by atoms with Crippen molar-refractivity contribution in [2.75, 3.05) is 13.2 Å². The lowest BCUT2D eigenvalue weighted by atomic mass is 10.1. The summed E-state index contributed by atoms with van der Waals surface area (Å²) in [6, 6.07) is 8.05. The monoisotopic (exact) mass is 235 g/mol. The number of hydrogen-bond donors (Lipinski definition) is 1. The maximum Gasteiger partial charge on any atom is 0.119 e. The van der Waals surface area contributed by atoms with Crippen LogP contribution in [0.5, 0.6) is 5.75 Å². The van der Waals surface area contributed by atoms with E-state index in [9.17, 15) is 0 Å². The van der Waals surface area contributed by atoms with Gasteiger partial charge in [-0.15, -0.1) is 0 Å². The minimum atomic E-state index is 0.0525. The van der Waals surface area contributed by atoms with E-state index in [1.807, 2.05) is 31.2 Å². The van der Waals surface area contributed by atoms with Crippen molar-refractivity contribution >= 4 is 0 Å². The molecule has 3 nitrogen and oxygen atoms in total. The number of nitrogens with two attached hydrogens (primary N) is 1. The van der Waals surface area contributed by atoms with Crippen molar-refractivity contribution in [3.63, 3.8) is 0 Å². The lowest BCUT2D eigenvalue weighted by molar-refractivity contribution is 0.0903. The van der Waals surface area contributed by atoms with E-state index in [0.717, 1.165) is 24.3 Å². The van der Waals surface area contributed by atoms with Crippen molar-refractivity contribution in [1.82, 2.24) is 0 Å². The summed E-state index contributed by atoms with van der Waals surface area (Å²) >= 11 is 0. The Hall–Kier alpha value is -1.06. The first-order valence-electron chi connectivity index (χ1n) is 6.35. The quantitative estimate of drug-likeness (QED) is 0.853. The molecule has 0 spiro atoms. The van der Waals surface area contributed by atoms with Crippen LogP contribution in [0.4, 0.5) is 0 Å². The van der Waals surface area contributed by atoms with Gasteiger partial charge in [0, 0.05) is 19.1 Å². The molecule has 3 heteroatoms. The fourth-order valence-electron chi connectivity index (χ4n) is 2.07. The highest BCUT2D eigenvalue weighted by atomic mass is 16.5. The molecule has 0 radical (unpaired) electrons. The Morgan fingerprint density at radius 1 is 1.53 bits per heavy atom. The maximum absolute atomic E-state index is 5.84. The predicted molar refractivity (Wildman–Crippen MR) is 68.1 cm³/mol. The summed E-state index contributed by atoms with van der Waals surface area (Å²) in [7, 11) is 0. The highest BCUT2D eigenvalue weighted by molar-refractivity contribution is 5.30. The van der Waals surface area contributed by atoms with Gasteiger partial charge in [0.25, 0.3) is 0 Å². The first-order chi connectivity index (χ1) is 8.25. The fraction of sp³-hybridized carbons (Fsp3) is 0.571. The van der Waals surface area contributed by atoms with Crippen LogP contribution < -0.4 is 10.5 Å². The zero-order chi connectivity index (χ0) is 12.1. The van der Waals surface area contributed by atoms with E-state index >= 15 is 0 Å². The van der Waals surface area contributed by atoms with Crippen LogP contribution in [0.3, 0.4) is 0 Å². The molecule has 1 heterocycles. The van der Waals surface area contributed by atoms with Crippen molar-refractivity contribution < 1.29 is 9.47 Å². The molecule has 1 saturated heterocycles. The molecule has 1 fully saturated rings. The van der Waals surface area contributed by atoms with Crippen LogP contribution >= 0.6 is 0 Å². The normalized spacial score (nSPS) is 21.4. The average Bonchev–Trinajstić information content (AvgIpc) is 2.82. The van der Waals surface area contributed by atoms with Gasteiger partial charge in [-0.05, 0) is 37.5 Å². The Bertz CT molecular complexity index is 346. The third-order valence-corrected chi connectivity index (χ3v) is 3.12. The summed E-state index contributed by atoms with van der Waals surface area (Å²) < 4.78 is 11.3. The van der Waals surface area contributed by atoms with Crippen LogP contribution in [0.2, 0.25) is 0 Å². The topological polar surface area (TPSA) is 44.5 Å². The van der Waals surface area contributed by atoms with E-state index in [1.54, 1.807) is 0 Å². The van der Waals surface area contributed by atoms with Gasteiger partial charge in [0.1, 0.15) is 5.75 Å². The summed E-state index contributed by atoms with van der Waals surface area (Å²) in [6.07, 6.45) is 3.72. The largest absolute Gasteiger partial charge is 0.493 e. The lowest BCUT2D eigenvalue weighted by Gasteiger charge is -2.12. The van der Waals surface area contributed by atoms with Gasteiger partial charge in [-0.2, -0.15) is 0 Å². The highest BCUT2D eigenvalue weighted by Crippen LogP contribution is 2.19. The van der Waals surface area contributed by atoms with Crippen LogP contribution in [0, 0.1) is 0 Å². The molecular weight excluding hydrogens is 214 g/mol. The van der Waals surface area contributed by atoms with Gasteiger partial charge in [0.15, 0.2) is 0 Å². The smallest absolute Gasteiger partial charge is 0.119 e. The molecule has 2 atom stereocenters. The van der Waals surface area contributed by atoms with Gasteiger partial charge in [-0.1, -0.05) is 12.1 Å². The van der Waals surface area contributed by atoms with E-state index < -0.39 is 0 Å². The van der Waals surface area contributed by atoms with E-state index in [0.29, 0.717) is 12.7 Å². The Morgan fingerprint density at radius 3 is 3.12 bits per heavy atom. The van der Waals surface area contributed by atoms with Crippen LogP contribution in [0.1, 0.15) is 37.8 Å². The molecule has 1 unspecified atom stereocenters. The lowest BCUT2D eigenvalue weighted by Crippen LogP contribution is -2.11. The Labute approximate surface area is 103 Å². The molecule has 2 rings (SSSR count). The fourth-order valence-corrected chi connectivity index (χ4v) is 2.07. The van der Waals surface area contributed by atoms with Crippen molar-refractivity contribution in [3.8, 4) is 5.75 Å². The second kappa shape index (κ2) is 6.03.